The number of aromatic nitrogens is 3. The molecule has 0 aliphatic carbocycles. The third-order valence-corrected chi connectivity index (χ3v) is 6.87. The maximum Gasteiger partial charge on any atom is 0.191 e. The van der Waals surface area contributed by atoms with E-state index >= 15 is 0 Å². The van der Waals surface area contributed by atoms with Crippen molar-refractivity contribution in [3.63, 3.8) is 0 Å². The molecule has 2 fully saturated rings. The van der Waals surface area contributed by atoms with Crippen LogP contribution in [0.25, 0.3) is 0 Å². The van der Waals surface area contributed by atoms with Crippen molar-refractivity contribution >= 4 is 11.8 Å². The van der Waals surface area contributed by atoms with Crippen molar-refractivity contribution < 1.29 is 4.42 Å². The predicted octanol–water partition coefficient (Wildman–Crippen LogP) is 3.37. The minimum Gasteiger partial charge on any atom is -0.468 e. The van der Waals surface area contributed by atoms with Gasteiger partial charge in [-0.3, -0.25) is 4.90 Å². The Bertz CT molecular complexity index is 687. The van der Waals surface area contributed by atoms with Crippen LogP contribution in [0.3, 0.4) is 0 Å². The highest BCUT2D eigenvalue weighted by Gasteiger charge is 2.25. The highest BCUT2D eigenvalue weighted by atomic mass is 32.2. The molecule has 148 valence electrons. The average Bonchev–Trinajstić information content (AvgIpc) is 3.34. The second-order valence-corrected chi connectivity index (χ2v) is 8.84. The van der Waals surface area contributed by atoms with E-state index in [1.54, 1.807) is 6.26 Å². The lowest BCUT2D eigenvalue weighted by Crippen LogP contribution is -2.33. The lowest BCUT2D eigenvalue weighted by atomic mass is 9.96. The van der Waals surface area contributed by atoms with E-state index in [2.05, 4.69) is 37.7 Å². The monoisotopic (exact) mass is 389 g/mol. The van der Waals surface area contributed by atoms with Gasteiger partial charge in [-0.05, 0) is 64.0 Å². The Balaban J connectivity index is 1.25. The van der Waals surface area contributed by atoms with Crippen molar-refractivity contribution in [3.05, 3.63) is 30.0 Å². The number of furan rings is 1. The molecule has 0 spiro atoms. The zero-order chi connectivity index (χ0) is 18.5. The highest BCUT2D eigenvalue weighted by molar-refractivity contribution is 7.99. The van der Waals surface area contributed by atoms with Gasteiger partial charge in [0.1, 0.15) is 11.6 Å². The molecular weight excluding hydrogens is 358 g/mol. The Labute approximate surface area is 166 Å². The molecule has 2 aliphatic heterocycles. The zero-order valence-corrected chi connectivity index (χ0v) is 17.2. The second kappa shape index (κ2) is 9.26. The molecule has 4 heterocycles. The van der Waals surface area contributed by atoms with E-state index in [9.17, 15) is 0 Å². The van der Waals surface area contributed by atoms with Crippen LogP contribution >= 0.6 is 11.8 Å². The van der Waals surface area contributed by atoms with Gasteiger partial charge in [0.05, 0.1) is 12.8 Å². The summed E-state index contributed by atoms with van der Waals surface area (Å²) in [4.78, 5) is 5.06. The van der Waals surface area contributed by atoms with Crippen LogP contribution in [0.4, 0.5) is 0 Å². The van der Waals surface area contributed by atoms with Gasteiger partial charge in [-0.2, -0.15) is 0 Å². The Morgan fingerprint density at radius 1 is 1.07 bits per heavy atom. The first kappa shape index (κ1) is 19.0. The maximum atomic E-state index is 5.48. The van der Waals surface area contributed by atoms with E-state index in [1.807, 2.05) is 17.8 Å². The number of piperidine rings is 2. The summed E-state index contributed by atoms with van der Waals surface area (Å²) in [6.45, 7) is 6.79. The molecule has 0 unspecified atom stereocenters. The third kappa shape index (κ3) is 4.95. The number of nitrogens with zero attached hydrogens (tertiary/aromatic N) is 5. The van der Waals surface area contributed by atoms with E-state index in [0.29, 0.717) is 5.92 Å². The molecule has 0 radical (unpaired) electrons. The van der Waals surface area contributed by atoms with Crippen LogP contribution in [0.5, 0.6) is 0 Å². The van der Waals surface area contributed by atoms with Gasteiger partial charge in [0.25, 0.3) is 0 Å². The molecule has 0 saturated carbocycles. The second-order valence-electron chi connectivity index (χ2n) is 7.78. The lowest BCUT2D eigenvalue weighted by molar-refractivity contribution is 0.187. The van der Waals surface area contributed by atoms with Gasteiger partial charge < -0.3 is 13.9 Å². The molecule has 0 bridgehead atoms. The molecular formula is C20H31N5OS. The summed E-state index contributed by atoms with van der Waals surface area (Å²) >= 11 is 1.85. The van der Waals surface area contributed by atoms with Gasteiger partial charge in [0.2, 0.25) is 0 Å². The van der Waals surface area contributed by atoms with Crippen LogP contribution in [0.15, 0.2) is 28.0 Å². The van der Waals surface area contributed by atoms with E-state index in [-0.39, 0.29) is 0 Å². The van der Waals surface area contributed by atoms with Gasteiger partial charge in [-0.1, -0.05) is 18.2 Å². The first-order valence-corrected chi connectivity index (χ1v) is 11.3. The van der Waals surface area contributed by atoms with Crippen molar-refractivity contribution in [1.82, 2.24) is 24.6 Å². The zero-order valence-electron chi connectivity index (χ0n) is 16.3. The summed E-state index contributed by atoms with van der Waals surface area (Å²) in [5.74, 6) is 3.84. The molecule has 6 nitrogen and oxygen atoms in total. The van der Waals surface area contributed by atoms with Gasteiger partial charge in [-0.15, -0.1) is 10.2 Å². The van der Waals surface area contributed by atoms with Gasteiger partial charge in [-0.25, -0.2) is 0 Å². The fraction of sp³-hybridized carbons (Fsp3) is 0.700. The first-order chi connectivity index (χ1) is 13.3. The van der Waals surface area contributed by atoms with E-state index < -0.39 is 0 Å². The summed E-state index contributed by atoms with van der Waals surface area (Å²) in [5, 5.41) is 10.1. The lowest BCUT2D eigenvalue weighted by Gasteiger charge is -2.30. The van der Waals surface area contributed by atoms with Crippen LogP contribution in [0, 0.1) is 0 Å². The van der Waals surface area contributed by atoms with Crippen LogP contribution in [0.2, 0.25) is 0 Å². The SMILES string of the molecule is Cn1c(SCCN2CCCCC2)nnc1C1CCN(Cc2ccco2)CC1. The Morgan fingerprint density at radius 3 is 2.63 bits per heavy atom. The highest BCUT2D eigenvalue weighted by Crippen LogP contribution is 2.29. The average molecular weight is 390 g/mol. The van der Waals surface area contributed by atoms with Crippen molar-refractivity contribution in [3.8, 4) is 0 Å². The van der Waals surface area contributed by atoms with Gasteiger partial charge >= 0.3 is 0 Å². The first-order valence-electron chi connectivity index (χ1n) is 10.3. The molecule has 0 amide bonds. The van der Waals surface area contributed by atoms with Crippen molar-refractivity contribution in [2.75, 3.05) is 38.5 Å². The van der Waals surface area contributed by atoms with Gasteiger partial charge in [0, 0.05) is 25.3 Å². The molecule has 0 N–H and O–H groups in total. The van der Waals surface area contributed by atoms with E-state index in [4.69, 9.17) is 4.42 Å². The third-order valence-electron chi connectivity index (χ3n) is 5.87. The summed E-state index contributed by atoms with van der Waals surface area (Å²) in [6.07, 6.45) is 8.16. The van der Waals surface area contributed by atoms with E-state index in [1.165, 1.54) is 32.4 Å². The number of likely N-dealkylation sites (tertiary alicyclic amines) is 2. The van der Waals surface area contributed by atoms with E-state index in [0.717, 1.165) is 61.5 Å². The van der Waals surface area contributed by atoms with Crippen LogP contribution < -0.4 is 0 Å². The quantitative estimate of drug-likeness (QED) is 0.677. The predicted molar refractivity (Wildman–Crippen MR) is 108 cm³/mol. The minimum absolute atomic E-state index is 0.520. The number of hydrogen-bond acceptors (Lipinski definition) is 6. The molecule has 2 aromatic rings. The summed E-state index contributed by atoms with van der Waals surface area (Å²) in [6, 6.07) is 4.02. The van der Waals surface area contributed by atoms with Crippen LogP contribution in [0.1, 0.15) is 49.6 Å². The standard InChI is InChI=1S/C20H31N5OS/c1-23-19(17-7-11-25(12-8-17)16-18-6-5-14-26-18)21-22-20(23)27-15-13-24-9-3-2-4-10-24/h5-6,14,17H,2-4,7-13,15-16H2,1H3. The summed E-state index contributed by atoms with van der Waals surface area (Å²) in [7, 11) is 2.13. The largest absolute Gasteiger partial charge is 0.468 e. The molecule has 4 rings (SSSR count). The van der Waals surface area contributed by atoms with Crippen molar-refractivity contribution in [1.29, 1.82) is 0 Å². The summed E-state index contributed by atoms with van der Waals surface area (Å²) in [5.41, 5.74) is 0. The molecule has 2 aromatic heterocycles. The molecule has 2 saturated heterocycles. The van der Waals surface area contributed by atoms with Crippen molar-refractivity contribution in [2.45, 2.75) is 49.7 Å². The molecule has 2 aliphatic rings. The molecule has 7 heteroatoms. The Morgan fingerprint density at radius 2 is 1.89 bits per heavy atom. The number of thioether (sulfide) groups is 1. The normalized spacial score (nSPS) is 20.3. The summed E-state index contributed by atoms with van der Waals surface area (Å²) < 4.78 is 7.71. The molecule has 0 aromatic carbocycles. The minimum atomic E-state index is 0.520. The fourth-order valence-corrected chi connectivity index (χ4v) is 5.15. The van der Waals surface area contributed by atoms with Crippen LogP contribution in [-0.2, 0) is 13.6 Å². The maximum absolute atomic E-state index is 5.48. The Hall–Kier alpha value is -1.31. The van der Waals surface area contributed by atoms with Crippen LogP contribution in [-0.4, -0.2) is 63.0 Å². The Kier molecular flexibility index (Phi) is 6.52. The smallest absolute Gasteiger partial charge is 0.191 e. The topological polar surface area (TPSA) is 50.3 Å². The fourth-order valence-electron chi connectivity index (χ4n) is 4.23. The van der Waals surface area contributed by atoms with Gasteiger partial charge in [0.15, 0.2) is 5.16 Å². The molecule has 0 atom stereocenters. The number of hydrogen-bond donors (Lipinski definition) is 0. The van der Waals surface area contributed by atoms with Crippen molar-refractivity contribution in [2.24, 2.45) is 7.05 Å². The number of rotatable bonds is 7. The molecule has 27 heavy (non-hydrogen) atoms.